The van der Waals surface area contributed by atoms with E-state index >= 15 is 0 Å². The highest BCUT2D eigenvalue weighted by atomic mass is 16.6. The predicted octanol–water partition coefficient (Wildman–Crippen LogP) is 1.60. The lowest BCUT2D eigenvalue weighted by atomic mass is 9.97. The van der Waals surface area contributed by atoms with Crippen LogP contribution in [0.3, 0.4) is 0 Å². The van der Waals surface area contributed by atoms with Gasteiger partial charge in [0.2, 0.25) is 0 Å². The van der Waals surface area contributed by atoms with Crippen molar-refractivity contribution >= 4 is 18.0 Å². The summed E-state index contributed by atoms with van der Waals surface area (Å²) in [6.07, 6.45) is 1.23. The zero-order valence-electron chi connectivity index (χ0n) is 13.6. The lowest BCUT2D eigenvalue weighted by molar-refractivity contribution is -0.142. The summed E-state index contributed by atoms with van der Waals surface area (Å²) in [7, 11) is 1.34. The quantitative estimate of drug-likeness (QED) is 0.724. The third-order valence-corrected chi connectivity index (χ3v) is 3.64. The number of likely N-dealkylation sites (tertiary alicyclic amines) is 1. The highest BCUT2D eigenvalue weighted by molar-refractivity contribution is 5.87. The average molecular weight is 312 g/mol. The van der Waals surface area contributed by atoms with Crippen molar-refractivity contribution in [1.82, 2.24) is 4.90 Å². The van der Waals surface area contributed by atoms with Gasteiger partial charge < -0.3 is 19.1 Å². The standard InChI is InChI=1S/C15H24N2O5/c1-15(2,3)22-14(19)17-7-5-10(6-8-17)12-16-11(9-21-12)13(18)20-4/h10-11H,5-9H2,1-4H3. The molecule has 0 aromatic carbocycles. The minimum absolute atomic E-state index is 0.147. The smallest absolute Gasteiger partial charge is 0.410 e. The maximum atomic E-state index is 12.0. The van der Waals surface area contributed by atoms with Crippen molar-refractivity contribution in [2.24, 2.45) is 10.9 Å². The van der Waals surface area contributed by atoms with Crippen LogP contribution in [0.1, 0.15) is 33.6 Å². The Bertz CT molecular complexity index is 461. The fourth-order valence-electron chi connectivity index (χ4n) is 2.51. The molecule has 7 heteroatoms. The summed E-state index contributed by atoms with van der Waals surface area (Å²) in [5.41, 5.74) is -0.486. The largest absolute Gasteiger partial charge is 0.478 e. The number of esters is 1. The Morgan fingerprint density at radius 2 is 1.91 bits per heavy atom. The molecule has 2 aliphatic rings. The molecule has 0 aromatic rings. The summed E-state index contributed by atoms with van der Waals surface area (Å²) in [5, 5.41) is 0. The Kier molecular flexibility index (Phi) is 4.93. The molecule has 7 nitrogen and oxygen atoms in total. The summed E-state index contributed by atoms with van der Waals surface area (Å²) in [6.45, 7) is 7.01. The van der Waals surface area contributed by atoms with Gasteiger partial charge in [-0.05, 0) is 33.6 Å². The number of methoxy groups -OCH3 is 1. The lowest BCUT2D eigenvalue weighted by Gasteiger charge is -2.33. The Labute approximate surface area is 130 Å². The monoisotopic (exact) mass is 312 g/mol. The number of hydrogen-bond acceptors (Lipinski definition) is 6. The van der Waals surface area contributed by atoms with Crippen molar-refractivity contribution in [3.63, 3.8) is 0 Å². The van der Waals surface area contributed by atoms with Crippen molar-refractivity contribution in [2.75, 3.05) is 26.8 Å². The van der Waals surface area contributed by atoms with Crippen molar-refractivity contribution in [3.05, 3.63) is 0 Å². The van der Waals surface area contributed by atoms with E-state index in [1.165, 1.54) is 7.11 Å². The van der Waals surface area contributed by atoms with Gasteiger partial charge in [0.1, 0.15) is 12.2 Å². The van der Waals surface area contributed by atoms with Crippen LogP contribution in [-0.4, -0.2) is 61.3 Å². The van der Waals surface area contributed by atoms with Gasteiger partial charge in [-0.3, -0.25) is 0 Å². The Morgan fingerprint density at radius 1 is 1.27 bits per heavy atom. The number of ether oxygens (including phenoxy) is 3. The molecule has 2 rings (SSSR count). The van der Waals surface area contributed by atoms with Gasteiger partial charge in [-0.25, -0.2) is 14.6 Å². The fourth-order valence-corrected chi connectivity index (χ4v) is 2.51. The highest BCUT2D eigenvalue weighted by Crippen LogP contribution is 2.24. The zero-order chi connectivity index (χ0) is 16.3. The van der Waals surface area contributed by atoms with Gasteiger partial charge in [-0.15, -0.1) is 0 Å². The number of piperidine rings is 1. The Balaban J connectivity index is 1.85. The first-order valence-corrected chi connectivity index (χ1v) is 7.56. The van der Waals surface area contributed by atoms with Crippen LogP contribution in [0.4, 0.5) is 4.79 Å². The highest BCUT2D eigenvalue weighted by Gasteiger charge is 2.34. The van der Waals surface area contributed by atoms with E-state index in [4.69, 9.17) is 9.47 Å². The van der Waals surface area contributed by atoms with Crippen LogP contribution in [0, 0.1) is 5.92 Å². The van der Waals surface area contributed by atoms with E-state index in [1.54, 1.807) is 4.90 Å². The first-order chi connectivity index (χ1) is 10.3. The molecule has 1 fully saturated rings. The Morgan fingerprint density at radius 3 is 2.45 bits per heavy atom. The summed E-state index contributed by atoms with van der Waals surface area (Å²) in [5.74, 6) is 0.383. The number of amides is 1. The molecule has 22 heavy (non-hydrogen) atoms. The van der Waals surface area contributed by atoms with E-state index in [0.29, 0.717) is 19.0 Å². The summed E-state index contributed by atoms with van der Waals surface area (Å²) in [4.78, 5) is 29.4. The summed E-state index contributed by atoms with van der Waals surface area (Å²) in [6, 6.07) is -0.552. The first kappa shape index (κ1) is 16.6. The van der Waals surface area contributed by atoms with Crippen LogP contribution in [-0.2, 0) is 19.0 Å². The molecule has 2 aliphatic heterocycles. The zero-order valence-corrected chi connectivity index (χ0v) is 13.6. The number of carbonyl (C=O) groups excluding carboxylic acids is 2. The fraction of sp³-hybridized carbons (Fsp3) is 0.800. The van der Waals surface area contributed by atoms with Gasteiger partial charge >= 0.3 is 12.1 Å². The van der Waals surface area contributed by atoms with Gasteiger partial charge in [-0.1, -0.05) is 0 Å². The molecule has 1 saturated heterocycles. The molecule has 0 aliphatic carbocycles. The molecule has 1 atom stereocenters. The van der Waals surface area contributed by atoms with Gasteiger partial charge in [0.25, 0.3) is 0 Å². The molecule has 1 amide bonds. The molecule has 0 N–H and O–H groups in total. The summed E-state index contributed by atoms with van der Waals surface area (Å²) < 4.78 is 15.6. The van der Waals surface area contributed by atoms with Crippen LogP contribution in [0.5, 0.6) is 0 Å². The second-order valence-electron chi connectivity index (χ2n) is 6.56. The molecule has 0 bridgehead atoms. The predicted molar refractivity (Wildman–Crippen MR) is 79.7 cm³/mol. The minimum Gasteiger partial charge on any atom is -0.478 e. The van der Waals surface area contributed by atoms with Crippen LogP contribution in [0.25, 0.3) is 0 Å². The van der Waals surface area contributed by atoms with Crippen LogP contribution < -0.4 is 0 Å². The molecule has 124 valence electrons. The molecule has 2 heterocycles. The van der Waals surface area contributed by atoms with Crippen LogP contribution in [0.15, 0.2) is 4.99 Å². The minimum atomic E-state index is -0.552. The molecule has 0 spiro atoms. The maximum absolute atomic E-state index is 12.0. The van der Waals surface area contributed by atoms with Crippen LogP contribution in [0.2, 0.25) is 0 Å². The summed E-state index contributed by atoms with van der Waals surface area (Å²) >= 11 is 0. The third kappa shape index (κ3) is 4.11. The van der Waals surface area contributed by atoms with E-state index < -0.39 is 11.6 Å². The van der Waals surface area contributed by atoms with E-state index in [0.717, 1.165) is 12.8 Å². The number of nitrogens with zero attached hydrogens (tertiary/aromatic N) is 2. The first-order valence-electron chi connectivity index (χ1n) is 7.56. The second kappa shape index (κ2) is 6.54. The second-order valence-corrected chi connectivity index (χ2v) is 6.56. The number of hydrogen-bond donors (Lipinski definition) is 0. The normalized spacial score (nSPS) is 22.8. The SMILES string of the molecule is COC(=O)C1COC(C2CCN(C(=O)OC(C)(C)C)CC2)=N1. The molecule has 0 radical (unpaired) electrons. The van der Waals surface area contributed by atoms with Gasteiger partial charge in [0.15, 0.2) is 11.9 Å². The number of carbonyl (C=O) groups is 2. The van der Waals surface area contributed by atoms with E-state index in [9.17, 15) is 9.59 Å². The van der Waals surface area contributed by atoms with Gasteiger partial charge in [0.05, 0.1) is 7.11 Å². The third-order valence-electron chi connectivity index (χ3n) is 3.64. The lowest BCUT2D eigenvalue weighted by Crippen LogP contribution is -2.43. The number of rotatable bonds is 2. The van der Waals surface area contributed by atoms with E-state index in [2.05, 4.69) is 9.73 Å². The molecule has 0 saturated carbocycles. The van der Waals surface area contributed by atoms with Crippen molar-refractivity contribution < 1.29 is 23.8 Å². The molecular weight excluding hydrogens is 288 g/mol. The maximum Gasteiger partial charge on any atom is 0.410 e. The van der Waals surface area contributed by atoms with Gasteiger partial charge in [0, 0.05) is 19.0 Å². The van der Waals surface area contributed by atoms with Crippen molar-refractivity contribution in [1.29, 1.82) is 0 Å². The van der Waals surface area contributed by atoms with Crippen LogP contribution >= 0.6 is 0 Å². The molecular formula is C15H24N2O5. The van der Waals surface area contributed by atoms with Crippen molar-refractivity contribution in [2.45, 2.75) is 45.3 Å². The van der Waals surface area contributed by atoms with Crippen molar-refractivity contribution in [3.8, 4) is 0 Å². The topological polar surface area (TPSA) is 77.4 Å². The molecule has 1 unspecified atom stereocenters. The number of aliphatic imine (C=N–C) groups is 1. The average Bonchev–Trinajstić information content (AvgIpc) is 2.94. The van der Waals surface area contributed by atoms with E-state index in [-0.39, 0.29) is 24.6 Å². The van der Waals surface area contributed by atoms with E-state index in [1.807, 2.05) is 20.8 Å². The molecule has 0 aromatic heterocycles. The Hall–Kier alpha value is -1.79. The van der Waals surface area contributed by atoms with Gasteiger partial charge in [-0.2, -0.15) is 0 Å².